The Hall–Kier alpha value is -6.22. The van der Waals surface area contributed by atoms with Gasteiger partial charge in [0.25, 0.3) is 6.71 Å². The van der Waals surface area contributed by atoms with Crippen molar-refractivity contribution in [1.29, 1.82) is 0 Å². The van der Waals surface area contributed by atoms with Crippen LogP contribution >= 0.6 is 11.3 Å². The summed E-state index contributed by atoms with van der Waals surface area (Å²) in [5.74, 6) is 0.821. The molecule has 5 aromatic carbocycles. The fourth-order valence-corrected chi connectivity index (χ4v) is 14.2. The van der Waals surface area contributed by atoms with E-state index in [0.29, 0.717) is 11.8 Å². The molecule has 3 heterocycles. The number of rotatable bonds is 6. The van der Waals surface area contributed by atoms with Crippen LogP contribution in [0.5, 0.6) is 0 Å². The molecule has 2 aliphatic heterocycles. The number of allylic oxidation sites excluding steroid dienone is 8. The van der Waals surface area contributed by atoms with E-state index in [1.54, 1.807) is 5.57 Å². The number of hydrogen-bond acceptors (Lipinski definition) is 4. The second-order valence-electron chi connectivity index (χ2n) is 24.6. The molecule has 4 aliphatic carbocycles. The van der Waals surface area contributed by atoms with Crippen LogP contribution in [0, 0.1) is 40.2 Å². The molecule has 1 aromatic heterocycles. The van der Waals surface area contributed by atoms with E-state index in [9.17, 15) is 0 Å². The van der Waals surface area contributed by atoms with Gasteiger partial charge >= 0.3 is 0 Å². The number of benzene rings is 4. The maximum Gasteiger partial charge on any atom is 0.264 e. The Balaban J connectivity index is 1.23. The summed E-state index contributed by atoms with van der Waals surface area (Å²) in [6, 6.07) is 48.7. The zero-order valence-electron chi connectivity index (χ0n) is 43.6. The predicted octanol–water partition coefficient (Wildman–Crippen LogP) is 17.0. The number of hydrogen-bond donors (Lipinski definition) is 0. The molecule has 0 saturated heterocycles. The lowest BCUT2D eigenvalue weighted by atomic mass is 9.34. The number of para-hydroxylation sites is 2. The molecule has 3 nitrogen and oxygen atoms in total. The molecule has 0 amide bonds. The molecule has 356 valence electrons. The molecule has 6 aromatic rings. The monoisotopic (exact) mass is 946 g/mol. The molecule has 0 bridgehead atoms. The maximum atomic E-state index is 3.85. The van der Waals surface area contributed by atoms with Gasteiger partial charge in [-0.2, -0.15) is 0 Å². The fraction of sp³-hybridized carbons (Fsp3) is 0.333. The topological polar surface area (TPSA) is 9.72 Å². The van der Waals surface area contributed by atoms with Crippen molar-refractivity contribution in [3.8, 4) is 11.1 Å². The summed E-state index contributed by atoms with van der Waals surface area (Å²) in [5.41, 5.74) is 20.9. The molecule has 1 saturated carbocycles. The minimum atomic E-state index is -0.0563. The molecule has 0 spiro atoms. The Kier molecular flexibility index (Phi) is 10.8. The Morgan fingerprint density at radius 3 is 2.13 bits per heavy atom. The normalized spacial score (nSPS) is 20.5. The SMILES string of the molecule is CC1(C)CCC(C)(C)C2CC3=C(C=C21)B1c2sc4c(c2N(c2c#cc(C(C)(C)C)cc2)c2cc(N(C5=CCCC=C5)c5ccccc5)cc(c21)N3c1ccccc1-c1ccccc1)CC(C(C)(C)C)C=C4. The average molecular weight is 946 g/mol. The molecule has 1 fully saturated rings. The highest BCUT2D eigenvalue weighted by molar-refractivity contribution is 7.28. The van der Waals surface area contributed by atoms with Crippen molar-refractivity contribution in [1.82, 2.24) is 0 Å². The molecule has 2 atom stereocenters. The molecule has 0 N–H and O–H groups in total. The van der Waals surface area contributed by atoms with Gasteiger partial charge in [-0.15, -0.1) is 11.3 Å². The summed E-state index contributed by atoms with van der Waals surface area (Å²) in [7, 11) is 0. The molecule has 2 unspecified atom stereocenters. The van der Waals surface area contributed by atoms with E-state index in [0.717, 1.165) is 42.7 Å². The third-order valence-corrected chi connectivity index (χ3v) is 18.3. The minimum Gasteiger partial charge on any atom is -0.314 e. The van der Waals surface area contributed by atoms with Gasteiger partial charge in [0.05, 0.1) is 22.7 Å². The van der Waals surface area contributed by atoms with Crippen molar-refractivity contribution < 1.29 is 0 Å². The van der Waals surface area contributed by atoms with Crippen molar-refractivity contribution in [2.45, 2.75) is 113 Å². The quantitative estimate of drug-likeness (QED) is 0.154. The summed E-state index contributed by atoms with van der Waals surface area (Å²) in [6.45, 7) is 24.3. The van der Waals surface area contributed by atoms with Crippen LogP contribution in [0.25, 0.3) is 17.2 Å². The highest BCUT2D eigenvalue weighted by Crippen LogP contribution is 2.60. The van der Waals surface area contributed by atoms with Crippen LogP contribution in [-0.2, 0) is 11.8 Å². The Bertz CT molecular complexity index is 3240. The van der Waals surface area contributed by atoms with Crippen molar-refractivity contribution in [2.24, 2.45) is 28.1 Å². The van der Waals surface area contributed by atoms with Crippen LogP contribution < -0.4 is 24.9 Å². The fourth-order valence-electron chi connectivity index (χ4n) is 12.8. The smallest absolute Gasteiger partial charge is 0.264 e. The number of thiophene rings is 1. The zero-order chi connectivity index (χ0) is 49.2. The van der Waals surface area contributed by atoms with Crippen LogP contribution in [0.2, 0.25) is 0 Å². The van der Waals surface area contributed by atoms with E-state index in [-0.39, 0.29) is 28.4 Å². The summed E-state index contributed by atoms with van der Waals surface area (Å²) < 4.78 is 1.45. The summed E-state index contributed by atoms with van der Waals surface area (Å²) in [4.78, 5) is 9.30. The average Bonchev–Trinajstić information content (AvgIpc) is 3.74. The highest BCUT2D eigenvalue weighted by Gasteiger charge is 2.53. The van der Waals surface area contributed by atoms with E-state index in [1.165, 1.54) is 89.8 Å². The highest BCUT2D eigenvalue weighted by atomic mass is 32.1. The van der Waals surface area contributed by atoms with Crippen LogP contribution in [0.1, 0.15) is 117 Å². The summed E-state index contributed by atoms with van der Waals surface area (Å²) in [6.07, 6.45) is 21.3. The van der Waals surface area contributed by atoms with E-state index >= 15 is 0 Å². The molecule has 71 heavy (non-hydrogen) atoms. The van der Waals surface area contributed by atoms with Crippen molar-refractivity contribution >= 4 is 74.2 Å². The first-order valence-electron chi connectivity index (χ1n) is 26.4. The first-order valence-corrected chi connectivity index (χ1v) is 27.2. The molecule has 12 rings (SSSR count). The maximum absolute atomic E-state index is 3.85. The van der Waals surface area contributed by atoms with E-state index in [1.807, 2.05) is 11.3 Å². The first-order chi connectivity index (χ1) is 34.0. The number of fused-ring (bicyclic) bond motifs is 6. The molecular formula is C66H68BN3S. The molecular weight excluding hydrogens is 878 g/mol. The second kappa shape index (κ2) is 16.7. The van der Waals surface area contributed by atoms with Gasteiger partial charge in [0.2, 0.25) is 0 Å². The third-order valence-electron chi connectivity index (χ3n) is 17.1. The lowest BCUT2D eigenvalue weighted by molar-refractivity contribution is 0.121. The molecule has 0 radical (unpaired) electrons. The van der Waals surface area contributed by atoms with Crippen LogP contribution in [0.3, 0.4) is 0 Å². The van der Waals surface area contributed by atoms with E-state index in [2.05, 4.69) is 242 Å². The molecule has 6 aliphatic rings. The lowest BCUT2D eigenvalue weighted by Gasteiger charge is -2.53. The van der Waals surface area contributed by atoms with Gasteiger partial charge in [-0.3, -0.25) is 0 Å². The Labute approximate surface area is 429 Å². The number of nitrogens with zero attached hydrogens (tertiary/aromatic N) is 3. The van der Waals surface area contributed by atoms with Crippen molar-refractivity contribution in [3.63, 3.8) is 0 Å². The van der Waals surface area contributed by atoms with E-state index in [4.69, 9.17) is 0 Å². The predicted molar refractivity (Wildman–Crippen MR) is 305 cm³/mol. The Morgan fingerprint density at radius 2 is 1.44 bits per heavy atom. The summed E-state index contributed by atoms with van der Waals surface area (Å²) >= 11 is 2.04. The van der Waals surface area contributed by atoms with Gasteiger partial charge in [-0.25, -0.2) is 0 Å². The van der Waals surface area contributed by atoms with Gasteiger partial charge in [0.15, 0.2) is 0 Å². The van der Waals surface area contributed by atoms with Gasteiger partial charge in [0.1, 0.15) is 0 Å². The first kappa shape index (κ1) is 45.9. The zero-order valence-corrected chi connectivity index (χ0v) is 44.4. The van der Waals surface area contributed by atoms with Gasteiger partial charge in [0, 0.05) is 49.2 Å². The minimum absolute atomic E-state index is 0.0404. The number of anilines is 7. The van der Waals surface area contributed by atoms with Crippen LogP contribution in [0.15, 0.2) is 162 Å². The standard InChI is InChI=1S/C66H68BN3S/c1-63(2,3)44-30-33-48(34-31-44)69-57-39-49(68(46-24-16-12-17-25-46)47-26-18-13-19-27-47)40-58-60(57)67(62-61(69)51-38-45(64(4,5)6)32-35-59(51)71-62)54-41-52-53(66(9,10)37-36-65(52,7)8)42-56(54)70(58)55-29-21-20-28-50(55)43-22-14-11-15-23-43/h11-12,14-18,20-30,32-33,35,39-41,45,53H,13,19,36-38,42H2,1-10H3. The van der Waals surface area contributed by atoms with Crippen LogP contribution in [-0.4, -0.2) is 6.71 Å². The second-order valence-corrected chi connectivity index (χ2v) is 25.7. The van der Waals surface area contributed by atoms with E-state index < -0.39 is 0 Å². The van der Waals surface area contributed by atoms with Gasteiger partial charge in [-0.1, -0.05) is 172 Å². The van der Waals surface area contributed by atoms with Gasteiger partial charge < -0.3 is 14.7 Å². The summed E-state index contributed by atoms with van der Waals surface area (Å²) in [5, 5.41) is 0. The van der Waals surface area contributed by atoms with Crippen molar-refractivity contribution in [3.05, 3.63) is 190 Å². The van der Waals surface area contributed by atoms with Gasteiger partial charge in [-0.05, 0) is 155 Å². The van der Waals surface area contributed by atoms with Crippen molar-refractivity contribution in [2.75, 3.05) is 14.7 Å². The van der Waals surface area contributed by atoms with Crippen LogP contribution in [0.4, 0.5) is 39.8 Å². The lowest BCUT2D eigenvalue weighted by Crippen LogP contribution is -2.56. The largest absolute Gasteiger partial charge is 0.314 e. The molecule has 5 heteroatoms. The Morgan fingerprint density at radius 1 is 0.718 bits per heavy atom. The third kappa shape index (κ3) is 7.62.